The number of carbonyl (C=O) groups is 2. The van der Waals surface area contributed by atoms with Crippen LogP contribution < -0.4 is 10.2 Å². The Kier molecular flexibility index (Phi) is 6.71. The molecule has 1 heterocycles. The first-order valence-electron chi connectivity index (χ1n) is 10.4. The second-order valence-electron chi connectivity index (χ2n) is 8.30. The summed E-state index contributed by atoms with van der Waals surface area (Å²) in [6.07, 6.45) is -1.09. The zero-order valence-electron chi connectivity index (χ0n) is 17.3. The molecule has 0 unspecified atom stereocenters. The molecular formula is C21H29F3N3O3+. The van der Waals surface area contributed by atoms with Gasteiger partial charge in [-0.1, -0.05) is 18.6 Å². The lowest BCUT2D eigenvalue weighted by Crippen LogP contribution is -3.06. The molecule has 2 N–H and O–H groups in total. The van der Waals surface area contributed by atoms with E-state index >= 15 is 0 Å². The van der Waals surface area contributed by atoms with Gasteiger partial charge in [-0.25, -0.2) is 0 Å². The van der Waals surface area contributed by atoms with Gasteiger partial charge >= 0.3 is 6.18 Å². The van der Waals surface area contributed by atoms with Gasteiger partial charge in [0.25, 0.3) is 5.91 Å². The van der Waals surface area contributed by atoms with Gasteiger partial charge in [-0.3, -0.25) is 14.5 Å². The van der Waals surface area contributed by atoms with Crippen molar-refractivity contribution in [1.29, 1.82) is 0 Å². The largest absolute Gasteiger partial charge is 0.417 e. The number of ether oxygens (including phenoxy) is 1. The molecule has 1 saturated carbocycles. The van der Waals surface area contributed by atoms with Crippen molar-refractivity contribution in [2.45, 2.75) is 50.0 Å². The lowest BCUT2D eigenvalue weighted by atomic mass is 9.89. The number of benzene rings is 1. The number of hydrogen-bond donors (Lipinski definition) is 2. The molecular weight excluding hydrogens is 399 g/mol. The van der Waals surface area contributed by atoms with Gasteiger partial charge < -0.3 is 15.0 Å². The molecule has 1 atom stereocenters. The highest BCUT2D eigenvalue weighted by Gasteiger charge is 2.53. The van der Waals surface area contributed by atoms with Crippen LogP contribution in [-0.4, -0.2) is 62.3 Å². The van der Waals surface area contributed by atoms with E-state index in [0.717, 1.165) is 30.2 Å². The molecule has 1 aromatic rings. The van der Waals surface area contributed by atoms with Crippen molar-refractivity contribution in [3.63, 3.8) is 0 Å². The summed E-state index contributed by atoms with van der Waals surface area (Å²) in [6, 6.07) is 3.78. The lowest BCUT2D eigenvalue weighted by molar-refractivity contribution is -0.856. The molecule has 166 valence electrons. The van der Waals surface area contributed by atoms with Crippen molar-refractivity contribution in [1.82, 2.24) is 10.2 Å². The number of rotatable bonds is 5. The molecule has 1 spiro atoms. The number of hydrogen-bond acceptors (Lipinski definition) is 3. The highest BCUT2D eigenvalue weighted by atomic mass is 19.4. The van der Waals surface area contributed by atoms with Crippen molar-refractivity contribution >= 4 is 11.8 Å². The van der Waals surface area contributed by atoms with E-state index in [0.29, 0.717) is 25.9 Å². The molecule has 2 aliphatic rings. The van der Waals surface area contributed by atoms with Crippen molar-refractivity contribution < 1.29 is 32.4 Å². The number of alkyl halides is 3. The standard InChI is InChI=1S/C21H28F3N3O3/c1-26(2)13-12-25-18(28)17-14-30-20(10-6-3-7-11-20)27(17)19(29)15-8-4-5-9-16(15)21(22,23)24/h4-5,8-9,17H,3,6-7,10-14H2,1-2H3,(H,25,28)/p+1/t17-/m1/s1. The Morgan fingerprint density at radius 3 is 2.50 bits per heavy atom. The van der Waals surface area contributed by atoms with E-state index in [1.54, 1.807) is 0 Å². The van der Waals surface area contributed by atoms with Gasteiger partial charge in [0.15, 0.2) is 0 Å². The molecule has 0 bridgehead atoms. The van der Waals surface area contributed by atoms with E-state index in [-0.39, 0.29) is 6.61 Å². The van der Waals surface area contributed by atoms with Crippen LogP contribution in [0.2, 0.25) is 0 Å². The predicted molar refractivity (Wildman–Crippen MR) is 104 cm³/mol. The summed E-state index contributed by atoms with van der Waals surface area (Å²) in [6.45, 7) is 1.09. The van der Waals surface area contributed by atoms with Gasteiger partial charge in [-0.05, 0) is 37.8 Å². The Morgan fingerprint density at radius 1 is 1.20 bits per heavy atom. The van der Waals surface area contributed by atoms with E-state index in [1.807, 2.05) is 14.1 Å². The summed E-state index contributed by atoms with van der Waals surface area (Å²) >= 11 is 0. The quantitative estimate of drug-likeness (QED) is 0.747. The summed E-state index contributed by atoms with van der Waals surface area (Å²) in [7, 11) is 3.90. The van der Waals surface area contributed by atoms with E-state index in [2.05, 4.69) is 5.32 Å². The molecule has 1 aromatic carbocycles. The van der Waals surface area contributed by atoms with Crippen molar-refractivity contribution in [3.05, 3.63) is 35.4 Å². The fourth-order valence-electron chi connectivity index (χ4n) is 4.27. The van der Waals surface area contributed by atoms with E-state index in [1.165, 1.54) is 23.1 Å². The Bertz CT molecular complexity index is 776. The Hall–Kier alpha value is -2.13. The van der Waals surface area contributed by atoms with Crippen molar-refractivity contribution in [3.8, 4) is 0 Å². The zero-order valence-corrected chi connectivity index (χ0v) is 17.3. The summed E-state index contributed by atoms with van der Waals surface area (Å²) in [5.74, 6) is -1.20. The van der Waals surface area contributed by atoms with Crippen LogP contribution in [0, 0.1) is 0 Å². The molecule has 1 saturated heterocycles. The second kappa shape index (κ2) is 8.93. The monoisotopic (exact) mass is 428 g/mol. The third-order valence-corrected chi connectivity index (χ3v) is 5.80. The molecule has 0 aromatic heterocycles. The number of carbonyl (C=O) groups excluding carboxylic acids is 2. The maximum absolute atomic E-state index is 13.5. The van der Waals surface area contributed by atoms with E-state index < -0.39 is 40.9 Å². The Morgan fingerprint density at radius 2 is 1.87 bits per heavy atom. The summed E-state index contributed by atoms with van der Waals surface area (Å²) < 4.78 is 46.6. The molecule has 30 heavy (non-hydrogen) atoms. The molecule has 9 heteroatoms. The number of nitrogens with one attached hydrogen (secondary N) is 2. The first-order valence-corrected chi connectivity index (χ1v) is 10.4. The maximum Gasteiger partial charge on any atom is 0.417 e. The highest BCUT2D eigenvalue weighted by molar-refractivity contribution is 5.99. The number of quaternary nitrogens is 1. The van der Waals surface area contributed by atoms with Crippen LogP contribution in [-0.2, 0) is 15.7 Å². The first kappa shape index (κ1) is 22.6. The second-order valence-corrected chi connectivity index (χ2v) is 8.30. The third-order valence-electron chi connectivity index (χ3n) is 5.80. The lowest BCUT2D eigenvalue weighted by Gasteiger charge is -2.41. The van der Waals surface area contributed by atoms with E-state index in [9.17, 15) is 22.8 Å². The zero-order chi connectivity index (χ0) is 21.9. The first-order chi connectivity index (χ1) is 14.2. The van der Waals surface area contributed by atoms with Gasteiger partial charge in [0, 0.05) is 0 Å². The van der Waals surface area contributed by atoms with Crippen LogP contribution in [0.4, 0.5) is 13.2 Å². The minimum Gasteiger partial charge on any atom is -0.353 e. The van der Waals surface area contributed by atoms with Crippen LogP contribution in [0.25, 0.3) is 0 Å². The number of halogens is 3. The Labute approximate surface area is 174 Å². The van der Waals surface area contributed by atoms with Crippen LogP contribution >= 0.6 is 0 Å². The molecule has 1 aliphatic heterocycles. The summed E-state index contributed by atoms with van der Waals surface area (Å²) in [4.78, 5) is 28.7. The van der Waals surface area contributed by atoms with Crippen LogP contribution in [0.5, 0.6) is 0 Å². The smallest absolute Gasteiger partial charge is 0.353 e. The summed E-state index contributed by atoms with van der Waals surface area (Å²) in [5, 5.41) is 2.80. The normalized spacial score (nSPS) is 21.3. The average Bonchev–Trinajstić information content (AvgIpc) is 3.05. The maximum atomic E-state index is 13.5. The van der Waals surface area contributed by atoms with Crippen molar-refractivity contribution in [2.75, 3.05) is 33.8 Å². The minimum absolute atomic E-state index is 0.0133. The van der Waals surface area contributed by atoms with Crippen molar-refractivity contribution in [2.24, 2.45) is 0 Å². The fraction of sp³-hybridized carbons (Fsp3) is 0.619. The minimum atomic E-state index is -4.67. The van der Waals surface area contributed by atoms with Crippen LogP contribution in [0.15, 0.2) is 24.3 Å². The van der Waals surface area contributed by atoms with Gasteiger partial charge in [0.05, 0.1) is 44.9 Å². The predicted octanol–water partition coefficient (Wildman–Crippen LogP) is 1.47. The highest BCUT2D eigenvalue weighted by Crippen LogP contribution is 2.42. The van der Waals surface area contributed by atoms with Gasteiger partial charge in [0.1, 0.15) is 11.8 Å². The Balaban J connectivity index is 1.93. The fourth-order valence-corrected chi connectivity index (χ4v) is 4.27. The van der Waals surface area contributed by atoms with E-state index in [4.69, 9.17) is 4.74 Å². The van der Waals surface area contributed by atoms with Crippen LogP contribution in [0.3, 0.4) is 0 Å². The molecule has 0 radical (unpaired) electrons. The molecule has 2 fully saturated rings. The average molecular weight is 428 g/mol. The summed E-state index contributed by atoms with van der Waals surface area (Å²) in [5.41, 5.74) is -2.47. The number of amides is 2. The van der Waals surface area contributed by atoms with Gasteiger partial charge in [-0.2, -0.15) is 13.2 Å². The number of likely N-dealkylation sites (N-methyl/N-ethyl adjacent to an activating group) is 1. The molecule has 3 rings (SSSR count). The topological polar surface area (TPSA) is 63.1 Å². The van der Waals surface area contributed by atoms with Gasteiger partial charge in [0.2, 0.25) is 5.91 Å². The number of nitrogens with zero attached hydrogens (tertiary/aromatic N) is 1. The van der Waals surface area contributed by atoms with Gasteiger partial charge in [-0.15, -0.1) is 0 Å². The SMILES string of the molecule is C[NH+](C)CCNC(=O)[C@H]1COC2(CCCCC2)N1C(=O)c1ccccc1C(F)(F)F. The third kappa shape index (κ3) is 4.62. The molecule has 1 aliphatic carbocycles. The molecule has 2 amide bonds. The van der Waals surface area contributed by atoms with Crippen LogP contribution in [0.1, 0.15) is 48.0 Å². The molecule has 6 nitrogen and oxygen atoms in total.